The molecule has 0 aliphatic carbocycles. The molecule has 3 aromatic carbocycles. The molecule has 4 aromatic rings. The van der Waals surface area contributed by atoms with Gasteiger partial charge in [-0.1, -0.05) is 60.7 Å². The molecule has 7 heteroatoms. The molecule has 150 valence electrons. The van der Waals surface area contributed by atoms with Crippen LogP contribution in [0, 0.1) is 10.1 Å². The Balaban J connectivity index is 1.68. The molecule has 1 aromatic heterocycles. The van der Waals surface area contributed by atoms with Crippen molar-refractivity contribution in [3.05, 3.63) is 100 Å². The molecule has 4 rings (SSSR count). The maximum Gasteiger partial charge on any atom is 0.269 e. The molecule has 1 heterocycles. The van der Waals surface area contributed by atoms with Crippen LogP contribution in [0.4, 0.5) is 17.2 Å². The number of non-ortho nitro benzene ring substituents is 1. The molecule has 0 saturated heterocycles. The van der Waals surface area contributed by atoms with Crippen LogP contribution in [-0.2, 0) is 13.0 Å². The number of para-hydroxylation sites is 1. The maximum atomic E-state index is 10.8. The molecule has 0 bridgehead atoms. The molecular formula is C23H21N5O2. The minimum absolute atomic E-state index is 0.0359. The molecule has 0 fully saturated rings. The van der Waals surface area contributed by atoms with Crippen molar-refractivity contribution in [3.63, 3.8) is 0 Å². The maximum absolute atomic E-state index is 10.8. The Hall–Kier alpha value is -4.00. The number of nitro groups is 1. The van der Waals surface area contributed by atoms with E-state index in [1.165, 1.54) is 23.1 Å². The van der Waals surface area contributed by atoms with E-state index in [9.17, 15) is 10.1 Å². The third-order valence-corrected chi connectivity index (χ3v) is 4.98. The summed E-state index contributed by atoms with van der Waals surface area (Å²) in [6, 6.07) is 24.6. The van der Waals surface area contributed by atoms with E-state index in [0.29, 0.717) is 12.2 Å². The van der Waals surface area contributed by atoms with Gasteiger partial charge in [0.2, 0.25) is 0 Å². The highest BCUT2D eigenvalue weighted by Gasteiger charge is 2.16. The summed E-state index contributed by atoms with van der Waals surface area (Å²) in [6.07, 6.45) is 0.828. The van der Waals surface area contributed by atoms with Crippen LogP contribution < -0.4 is 5.43 Å². The summed E-state index contributed by atoms with van der Waals surface area (Å²) in [5, 5.41) is 20.6. The van der Waals surface area contributed by atoms with E-state index in [1.807, 2.05) is 30.3 Å². The smallest absolute Gasteiger partial charge is 0.269 e. The van der Waals surface area contributed by atoms with Gasteiger partial charge in [-0.25, -0.2) is 0 Å². The number of rotatable bonds is 7. The van der Waals surface area contributed by atoms with Gasteiger partial charge in [0, 0.05) is 29.6 Å². The molecule has 0 radical (unpaired) electrons. The number of nitrogens with one attached hydrogen (secondary N) is 1. The Morgan fingerprint density at radius 2 is 1.67 bits per heavy atom. The SMILES string of the molecule is CCc1c(/N=N/Nc2ccc([N+](=O)[O-])cc2)n(Cc2ccccc2)c2ccccc12. The number of hydrogen-bond donors (Lipinski definition) is 1. The molecule has 0 amide bonds. The van der Waals surface area contributed by atoms with Gasteiger partial charge >= 0.3 is 0 Å². The zero-order chi connectivity index (χ0) is 20.9. The van der Waals surface area contributed by atoms with Crippen molar-refractivity contribution in [2.24, 2.45) is 10.3 Å². The largest absolute Gasteiger partial charge is 0.320 e. The molecule has 30 heavy (non-hydrogen) atoms. The summed E-state index contributed by atoms with van der Waals surface area (Å²) in [5.41, 5.74) is 6.97. The fourth-order valence-electron chi connectivity index (χ4n) is 3.54. The van der Waals surface area contributed by atoms with Gasteiger partial charge < -0.3 is 4.57 Å². The lowest BCUT2D eigenvalue weighted by atomic mass is 10.1. The third-order valence-electron chi connectivity index (χ3n) is 4.98. The standard InChI is InChI=1S/C23H21N5O2/c1-2-20-21-10-6-7-11-22(21)27(16-17-8-4-3-5-9-17)23(20)25-26-24-18-12-14-19(15-13-18)28(29)30/h3-15H,2,16H2,1H3,(H,24,25). The topological polar surface area (TPSA) is 84.8 Å². The average Bonchev–Trinajstić information content (AvgIpc) is 3.07. The Bertz CT molecular complexity index is 1200. The fraction of sp³-hybridized carbons (Fsp3) is 0.130. The van der Waals surface area contributed by atoms with Crippen molar-refractivity contribution in [2.45, 2.75) is 19.9 Å². The van der Waals surface area contributed by atoms with E-state index in [4.69, 9.17) is 0 Å². The van der Waals surface area contributed by atoms with Crippen LogP contribution in [0.5, 0.6) is 0 Å². The molecule has 1 N–H and O–H groups in total. The van der Waals surface area contributed by atoms with E-state index in [0.717, 1.165) is 23.3 Å². The summed E-state index contributed by atoms with van der Waals surface area (Å²) in [6.45, 7) is 2.80. The fourth-order valence-corrected chi connectivity index (χ4v) is 3.54. The van der Waals surface area contributed by atoms with Crippen molar-refractivity contribution in [1.82, 2.24) is 4.57 Å². The van der Waals surface area contributed by atoms with Crippen molar-refractivity contribution in [2.75, 3.05) is 5.43 Å². The van der Waals surface area contributed by atoms with E-state index in [1.54, 1.807) is 12.1 Å². The lowest BCUT2D eigenvalue weighted by molar-refractivity contribution is -0.384. The van der Waals surface area contributed by atoms with Gasteiger partial charge in [-0.3, -0.25) is 15.5 Å². The van der Waals surface area contributed by atoms with Gasteiger partial charge in [0.1, 0.15) is 0 Å². The van der Waals surface area contributed by atoms with Crippen LogP contribution in [0.25, 0.3) is 10.9 Å². The zero-order valence-electron chi connectivity index (χ0n) is 16.5. The van der Waals surface area contributed by atoms with Crippen molar-refractivity contribution in [1.29, 1.82) is 0 Å². The monoisotopic (exact) mass is 399 g/mol. The first-order valence-electron chi connectivity index (χ1n) is 9.72. The minimum atomic E-state index is -0.430. The Kier molecular flexibility index (Phi) is 5.52. The van der Waals surface area contributed by atoms with E-state index in [2.05, 4.69) is 51.5 Å². The average molecular weight is 399 g/mol. The van der Waals surface area contributed by atoms with E-state index in [-0.39, 0.29) is 5.69 Å². The van der Waals surface area contributed by atoms with Crippen LogP contribution in [0.2, 0.25) is 0 Å². The van der Waals surface area contributed by atoms with Crippen molar-refractivity contribution in [3.8, 4) is 0 Å². The Labute approximate surface area is 173 Å². The lowest BCUT2D eigenvalue weighted by Crippen LogP contribution is -1.99. The first-order valence-corrected chi connectivity index (χ1v) is 9.72. The second-order valence-corrected chi connectivity index (χ2v) is 6.86. The molecule has 0 aliphatic rings. The van der Waals surface area contributed by atoms with E-state index < -0.39 is 4.92 Å². The molecule has 0 aliphatic heterocycles. The molecule has 0 saturated carbocycles. The highest BCUT2D eigenvalue weighted by Crippen LogP contribution is 2.34. The first kappa shape index (κ1) is 19.3. The number of fused-ring (bicyclic) bond motifs is 1. The summed E-state index contributed by atoms with van der Waals surface area (Å²) in [5.74, 6) is 0.803. The predicted molar refractivity (Wildman–Crippen MR) is 118 cm³/mol. The van der Waals surface area contributed by atoms with Crippen LogP contribution in [-0.4, -0.2) is 9.49 Å². The first-order chi connectivity index (χ1) is 14.7. The van der Waals surface area contributed by atoms with Gasteiger partial charge in [-0.15, -0.1) is 5.11 Å². The quantitative estimate of drug-likeness (QED) is 0.226. The minimum Gasteiger partial charge on any atom is -0.320 e. The third kappa shape index (κ3) is 3.91. The van der Waals surface area contributed by atoms with Crippen LogP contribution in [0.1, 0.15) is 18.1 Å². The summed E-state index contributed by atoms with van der Waals surface area (Å²) in [7, 11) is 0. The molecule has 0 atom stereocenters. The number of aryl methyl sites for hydroxylation is 1. The van der Waals surface area contributed by atoms with Gasteiger partial charge in [-0.05, 0) is 30.2 Å². The Morgan fingerprint density at radius 1 is 0.967 bits per heavy atom. The highest BCUT2D eigenvalue weighted by atomic mass is 16.6. The normalized spacial score (nSPS) is 11.2. The number of nitro benzene ring substituents is 1. The zero-order valence-corrected chi connectivity index (χ0v) is 16.5. The van der Waals surface area contributed by atoms with Crippen molar-refractivity contribution >= 4 is 28.1 Å². The molecule has 0 spiro atoms. The van der Waals surface area contributed by atoms with Gasteiger partial charge in [0.05, 0.1) is 16.1 Å². The summed E-state index contributed by atoms with van der Waals surface area (Å²) >= 11 is 0. The lowest BCUT2D eigenvalue weighted by Gasteiger charge is -2.08. The molecule has 7 nitrogen and oxygen atoms in total. The van der Waals surface area contributed by atoms with Gasteiger partial charge in [-0.2, -0.15) is 0 Å². The number of anilines is 1. The van der Waals surface area contributed by atoms with Crippen LogP contribution in [0.15, 0.2) is 89.2 Å². The molecular weight excluding hydrogens is 378 g/mol. The van der Waals surface area contributed by atoms with Gasteiger partial charge in [0.15, 0.2) is 5.82 Å². The summed E-state index contributed by atoms with van der Waals surface area (Å²) in [4.78, 5) is 10.4. The second kappa shape index (κ2) is 8.57. The number of nitrogens with zero attached hydrogens (tertiary/aromatic N) is 4. The van der Waals surface area contributed by atoms with Crippen LogP contribution in [0.3, 0.4) is 0 Å². The van der Waals surface area contributed by atoms with Crippen molar-refractivity contribution < 1.29 is 4.92 Å². The second-order valence-electron chi connectivity index (χ2n) is 6.86. The van der Waals surface area contributed by atoms with Gasteiger partial charge in [0.25, 0.3) is 5.69 Å². The highest BCUT2D eigenvalue weighted by molar-refractivity contribution is 5.89. The number of aromatic nitrogens is 1. The molecule has 0 unspecified atom stereocenters. The van der Waals surface area contributed by atoms with Crippen LogP contribution >= 0.6 is 0 Å². The Morgan fingerprint density at radius 3 is 2.37 bits per heavy atom. The predicted octanol–water partition coefficient (Wildman–Crippen LogP) is 6.27. The number of hydrogen-bond acceptors (Lipinski definition) is 4. The number of benzene rings is 3. The summed E-state index contributed by atoms with van der Waals surface area (Å²) < 4.78 is 2.17. The van der Waals surface area contributed by atoms with E-state index >= 15 is 0 Å².